The molecular weight excluding hydrogens is 351 g/mol. The largest absolute Gasteiger partial charge is 0.352 e. The van der Waals surface area contributed by atoms with E-state index in [1.807, 2.05) is 6.07 Å². The molecule has 1 aliphatic rings. The van der Waals surface area contributed by atoms with E-state index in [2.05, 4.69) is 26.6 Å². The number of hydrogen-bond donors (Lipinski definition) is 2. The molecule has 0 spiro atoms. The van der Waals surface area contributed by atoms with Gasteiger partial charge in [-0.25, -0.2) is 0 Å². The van der Waals surface area contributed by atoms with Crippen LogP contribution < -0.4 is 10.6 Å². The molecule has 1 fully saturated rings. The van der Waals surface area contributed by atoms with E-state index in [-0.39, 0.29) is 18.3 Å². The zero-order valence-electron chi connectivity index (χ0n) is 10.4. The molecule has 0 aromatic heterocycles. The van der Waals surface area contributed by atoms with Gasteiger partial charge >= 0.3 is 0 Å². The van der Waals surface area contributed by atoms with E-state index in [0.717, 1.165) is 17.6 Å². The van der Waals surface area contributed by atoms with Crippen molar-refractivity contribution in [3.05, 3.63) is 33.3 Å². The first-order chi connectivity index (χ1) is 8.66. The van der Waals surface area contributed by atoms with Crippen molar-refractivity contribution >= 4 is 45.8 Å². The van der Waals surface area contributed by atoms with Crippen molar-refractivity contribution in [2.75, 3.05) is 19.6 Å². The molecule has 1 aromatic rings. The van der Waals surface area contributed by atoms with Gasteiger partial charge in [0, 0.05) is 11.0 Å². The highest BCUT2D eigenvalue weighted by molar-refractivity contribution is 9.10. The van der Waals surface area contributed by atoms with Crippen LogP contribution in [0.15, 0.2) is 22.7 Å². The molecule has 0 radical (unpaired) electrons. The molecule has 1 amide bonds. The average Bonchev–Trinajstić information content (AvgIpc) is 2.40. The van der Waals surface area contributed by atoms with Gasteiger partial charge in [-0.1, -0.05) is 27.5 Å². The van der Waals surface area contributed by atoms with Crippen molar-refractivity contribution in [2.45, 2.75) is 12.8 Å². The SMILES string of the molecule is Cl.O=C(NCC1CCCNC1)c1cc(Br)ccc1Cl. The molecule has 6 heteroatoms. The smallest absolute Gasteiger partial charge is 0.252 e. The molecule has 1 heterocycles. The minimum atomic E-state index is -0.105. The maximum absolute atomic E-state index is 12.0. The third-order valence-corrected chi connectivity index (χ3v) is 3.95. The second kappa shape index (κ2) is 8.10. The van der Waals surface area contributed by atoms with Crippen molar-refractivity contribution in [1.82, 2.24) is 10.6 Å². The lowest BCUT2D eigenvalue weighted by atomic mass is 10.00. The first-order valence-electron chi connectivity index (χ1n) is 6.11. The third-order valence-electron chi connectivity index (χ3n) is 3.12. The molecule has 2 N–H and O–H groups in total. The number of halogens is 3. The predicted octanol–water partition coefficient (Wildman–Crippen LogP) is 3.25. The summed E-state index contributed by atoms with van der Waals surface area (Å²) in [7, 11) is 0. The zero-order chi connectivity index (χ0) is 13.0. The Morgan fingerprint density at radius 2 is 2.32 bits per heavy atom. The van der Waals surface area contributed by atoms with Crippen LogP contribution in [0, 0.1) is 5.92 Å². The number of amides is 1. The predicted molar refractivity (Wildman–Crippen MR) is 84.3 cm³/mol. The van der Waals surface area contributed by atoms with Gasteiger partial charge in [0.15, 0.2) is 0 Å². The molecule has 1 unspecified atom stereocenters. The summed E-state index contributed by atoms with van der Waals surface area (Å²) in [5.41, 5.74) is 0.523. The lowest BCUT2D eigenvalue weighted by Gasteiger charge is -2.22. The van der Waals surface area contributed by atoms with Crippen molar-refractivity contribution in [3.63, 3.8) is 0 Å². The topological polar surface area (TPSA) is 41.1 Å². The lowest BCUT2D eigenvalue weighted by molar-refractivity contribution is 0.0945. The molecule has 1 saturated heterocycles. The van der Waals surface area contributed by atoms with Crippen molar-refractivity contribution in [3.8, 4) is 0 Å². The zero-order valence-corrected chi connectivity index (χ0v) is 13.6. The molecular formula is C13H17BrCl2N2O. The lowest BCUT2D eigenvalue weighted by Crippen LogP contribution is -2.38. The van der Waals surface area contributed by atoms with Gasteiger partial charge in [0.1, 0.15) is 0 Å². The summed E-state index contributed by atoms with van der Waals surface area (Å²) < 4.78 is 0.858. The van der Waals surface area contributed by atoms with Gasteiger partial charge in [-0.3, -0.25) is 4.79 Å². The van der Waals surface area contributed by atoms with E-state index in [1.54, 1.807) is 12.1 Å². The molecule has 3 nitrogen and oxygen atoms in total. The highest BCUT2D eigenvalue weighted by Crippen LogP contribution is 2.21. The molecule has 0 bridgehead atoms. The standard InChI is InChI=1S/C13H16BrClN2O.ClH/c14-10-3-4-12(15)11(6-10)13(18)17-8-9-2-1-5-16-7-9;/h3-4,6,9,16H,1-2,5,7-8H2,(H,17,18);1H. The van der Waals surface area contributed by atoms with Crippen LogP contribution in [0.2, 0.25) is 5.02 Å². The van der Waals surface area contributed by atoms with Crippen LogP contribution in [0.4, 0.5) is 0 Å². The summed E-state index contributed by atoms with van der Waals surface area (Å²) >= 11 is 9.36. The van der Waals surface area contributed by atoms with Crippen molar-refractivity contribution in [1.29, 1.82) is 0 Å². The number of benzene rings is 1. The number of nitrogens with one attached hydrogen (secondary N) is 2. The molecule has 19 heavy (non-hydrogen) atoms. The Kier molecular flexibility index (Phi) is 7.15. The molecule has 2 rings (SSSR count). The van der Waals surface area contributed by atoms with Crippen LogP contribution in [0.1, 0.15) is 23.2 Å². The fraction of sp³-hybridized carbons (Fsp3) is 0.462. The summed E-state index contributed by atoms with van der Waals surface area (Å²) in [4.78, 5) is 12.0. The van der Waals surface area contributed by atoms with Gasteiger partial charge in [-0.15, -0.1) is 12.4 Å². The first-order valence-corrected chi connectivity index (χ1v) is 7.28. The highest BCUT2D eigenvalue weighted by Gasteiger charge is 2.16. The maximum Gasteiger partial charge on any atom is 0.252 e. The quantitative estimate of drug-likeness (QED) is 0.860. The van der Waals surface area contributed by atoms with Crippen LogP contribution in [0.25, 0.3) is 0 Å². The number of rotatable bonds is 3. The fourth-order valence-electron chi connectivity index (χ4n) is 2.10. The molecule has 0 saturated carbocycles. The minimum absolute atomic E-state index is 0. The number of piperidine rings is 1. The monoisotopic (exact) mass is 366 g/mol. The van der Waals surface area contributed by atoms with Gasteiger partial charge in [0.25, 0.3) is 5.91 Å². The van der Waals surface area contributed by atoms with Crippen LogP contribution >= 0.6 is 39.9 Å². The summed E-state index contributed by atoms with van der Waals surface area (Å²) in [6, 6.07) is 5.30. The highest BCUT2D eigenvalue weighted by atomic mass is 79.9. The van der Waals surface area contributed by atoms with E-state index in [0.29, 0.717) is 23.0 Å². The Morgan fingerprint density at radius 1 is 1.53 bits per heavy atom. The summed E-state index contributed by atoms with van der Waals surface area (Å²) in [6.45, 7) is 2.77. The van der Waals surface area contributed by atoms with E-state index >= 15 is 0 Å². The Hall–Kier alpha value is -0.290. The third kappa shape index (κ3) is 4.95. The summed E-state index contributed by atoms with van der Waals surface area (Å²) in [5, 5.41) is 6.77. The molecule has 0 aliphatic carbocycles. The molecule has 106 valence electrons. The van der Waals surface area contributed by atoms with E-state index in [9.17, 15) is 4.79 Å². The van der Waals surface area contributed by atoms with Gasteiger partial charge < -0.3 is 10.6 Å². The Bertz CT molecular complexity index is 437. The number of carbonyl (C=O) groups is 1. The molecule has 1 aliphatic heterocycles. The van der Waals surface area contributed by atoms with Gasteiger partial charge in [-0.05, 0) is 50.0 Å². The average molecular weight is 368 g/mol. The second-order valence-corrected chi connectivity index (χ2v) is 5.87. The van der Waals surface area contributed by atoms with E-state index in [1.165, 1.54) is 12.8 Å². The van der Waals surface area contributed by atoms with Gasteiger partial charge in [0.2, 0.25) is 0 Å². The molecule has 1 aromatic carbocycles. The Morgan fingerprint density at radius 3 is 3.00 bits per heavy atom. The van der Waals surface area contributed by atoms with Gasteiger partial charge in [-0.2, -0.15) is 0 Å². The van der Waals surface area contributed by atoms with Crippen LogP contribution in [0.3, 0.4) is 0 Å². The molecule has 1 atom stereocenters. The van der Waals surface area contributed by atoms with Crippen LogP contribution in [-0.2, 0) is 0 Å². The van der Waals surface area contributed by atoms with E-state index in [4.69, 9.17) is 11.6 Å². The number of carbonyl (C=O) groups excluding carboxylic acids is 1. The van der Waals surface area contributed by atoms with Gasteiger partial charge in [0.05, 0.1) is 10.6 Å². The van der Waals surface area contributed by atoms with Crippen LogP contribution in [0.5, 0.6) is 0 Å². The van der Waals surface area contributed by atoms with Crippen molar-refractivity contribution < 1.29 is 4.79 Å². The Labute approximate surface area is 133 Å². The summed E-state index contributed by atoms with van der Waals surface area (Å²) in [5.74, 6) is 0.417. The minimum Gasteiger partial charge on any atom is -0.352 e. The fourth-order valence-corrected chi connectivity index (χ4v) is 2.67. The normalized spacial score (nSPS) is 18.5. The Balaban J connectivity index is 0.00000180. The maximum atomic E-state index is 12.0. The number of hydrogen-bond acceptors (Lipinski definition) is 2. The summed E-state index contributed by atoms with van der Waals surface area (Å²) in [6.07, 6.45) is 2.34. The first kappa shape index (κ1) is 16.8. The van der Waals surface area contributed by atoms with E-state index < -0.39 is 0 Å². The van der Waals surface area contributed by atoms with Crippen LogP contribution in [-0.4, -0.2) is 25.5 Å². The second-order valence-electron chi connectivity index (χ2n) is 4.55. The van der Waals surface area contributed by atoms with Crippen molar-refractivity contribution in [2.24, 2.45) is 5.92 Å².